The maximum absolute atomic E-state index is 12.3. The molecule has 3 rings (SSSR count). The average Bonchev–Trinajstić information content (AvgIpc) is 2.86. The van der Waals surface area contributed by atoms with Crippen LogP contribution in [-0.4, -0.2) is 46.8 Å². The number of ether oxygens (including phenoxy) is 5. The number of hydrogen-bond acceptors (Lipinski definition) is 6. The van der Waals surface area contributed by atoms with Gasteiger partial charge in [-0.05, 0) is 17.7 Å². The molecular formula is C26H32NiO6P-. The second-order valence-corrected chi connectivity index (χ2v) is 8.23. The molecule has 3 aromatic rings. The Morgan fingerprint density at radius 2 is 1.21 bits per heavy atom. The van der Waals surface area contributed by atoms with E-state index in [2.05, 4.69) is 0 Å². The van der Waals surface area contributed by atoms with Crippen LogP contribution in [0.4, 0.5) is 0 Å². The largest absolute Gasteiger partial charge is 0.496 e. The van der Waals surface area contributed by atoms with Crippen molar-refractivity contribution >= 4 is 13.9 Å². The molecule has 6 nitrogen and oxygen atoms in total. The van der Waals surface area contributed by atoms with Crippen LogP contribution in [0.15, 0.2) is 60.7 Å². The predicted molar refractivity (Wildman–Crippen MR) is 134 cm³/mol. The van der Waals surface area contributed by atoms with Crippen molar-refractivity contribution < 1.29 is 45.3 Å². The summed E-state index contributed by atoms with van der Waals surface area (Å²) in [6.45, 7) is 0. The van der Waals surface area contributed by atoms with E-state index in [0.29, 0.717) is 40.5 Å². The Morgan fingerprint density at radius 3 is 1.65 bits per heavy atom. The summed E-state index contributed by atoms with van der Waals surface area (Å²) in [6, 6.07) is 18.7. The van der Waals surface area contributed by atoms with Crippen molar-refractivity contribution in [2.24, 2.45) is 0 Å². The molecule has 188 valence electrons. The average molecular weight is 530 g/mol. The molecule has 0 heterocycles. The second-order valence-electron chi connectivity index (χ2n) is 7.02. The minimum atomic E-state index is -1.41. The van der Waals surface area contributed by atoms with Crippen molar-refractivity contribution in [3.8, 4) is 28.7 Å². The van der Waals surface area contributed by atoms with Crippen molar-refractivity contribution in [1.29, 1.82) is 0 Å². The molecule has 0 aliphatic rings. The van der Waals surface area contributed by atoms with E-state index in [-0.39, 0.29) is 32.5 Å². The Bertz CT molecular complexity index is 999. The molecule has 0 aliphatic heterocycles. The van der Waals surface area contributed by atoms with E-state index >= 15 is 0 Å². The summed E-state index contributed by atoms with van der Waals surface area (Å²) in [5, 5.41) is 13.2. The van der Waals surface area contributed by atoms with Crippen LogP contribution >= 0.6 is 8.58 Å². The number of hydrogen-bond donors (Lipinski definition) is 1. The first-order valence-electron chi connectivity index (χ1n) is 10.1. The van der Waals surface area contributed by atoms with Gasteiger partial charge in [0.05, 0.1) is 46.4 Å². The zero-order valence-electron chi connectivity index (χ0n) is 20.3. The Morgan fingerprint density at radius 1 is 0.706 bits per heavy atom. The van der Waals surface area contributed by atoms with Crippen LogP contribution in [0.5, 0.6) is 28.7 Å². The molecule has 3 aromatic carbocycles. The molecule has 0 saturated carbocycles. The zero-order chi connectivity index (χ0) is 23.1. The van der Waals surface area contributed by atoms with Gasteiger partial charge in [0, 0.05) is 34.8 Å². The smallest absolute Gasteiger partial charge is 0.132 e. The van der Waals surface area contributed by atoms with E-state index in [4.69, 9.17) is 23.7 Å². The third kappa shape index (κ3) is 5.96. The predicted octanol–water partition coefficient (Wildman–Crippen LogP) is 4.42. The fourth-order valence-corrected chi connectivity index (χ4v) is 5.24. The Hall–Kier alpha value is -2.46. The number of rotatable bonds is 10. The van der Waals surface area contributed by atoms with Crippen molar-refractivity contribution in [3.05, 3.63) is 79.2 Å². The molecule has 34 heavy (non-hydrogen) atoms. The van der Waals surface area contributed by atoms with Gasteiger partial charge in [-0.1, -0.05) is 45.0 Å². The molecule has 0 bridgehead atoms. The summed E-state index contributed by atoms with van der Waals surface area (Å²) in [5.41, 5.74) is -0.145. The van der Waals surface area contributed by atoms with Crippen LogP contribution < -0.4 is 29.0 Å². The molecular weight excluding hydrogens is 498 g/mol. The van der Waals surface area contributed by atoms with E-state index in [0.717, 1.165) is 10.9 Å². The van der Waals surface area contributed by atoms with Crippen LogP contribution in [0.2, 0.25) is 0 Å². The molecule has 8 heteroatoms. The maximum atomic E-state index is 12.3. The van der Waals surface area contributed by atoms with Gasteiger partial charge < -0.3 is 36.2 Å². The molecule has 0 spiro atoms. The van der Waals surface area contributed by atoms with E-state index in [1.807, 2.05) is 48.5 Å². The van der Waals surface area contributed by atoms with E-state index in [1.54, 1.807) is 47.7 Å². The summed E-state index contributed by atoms with van der Waals surface area (Å²) < 4.78 is 27.9. The summed E-state index contributed by atoms with van der Waals surface area (Å²) >= 11 is 0. The Labute approximate surface area is 214 Å². The third-order valence-corrected chi connectivity index (χ3v) is 6.86. The fourth-order valence-electron chi connectivity index (χ4n) is 3.70. The zero-order valence-corrected chi connectivity index (χ0v) is 22.3. The van der Waals surface area contributed by atoms with Crippen LogP contribution in [0, 0.1) is 7.43 Å². The van der Waals surface area contributed by atoms with Gasteiger partial charge in [0.2, 0.25) is 0 Å². The monoisotopic (exact) mass is 529 g/mol. The maximum Gasteiger partial charge on any atom is 0.132 e. The van der Waals surface area contributed by atoms with Crippen molar-refractivity contribution in [2.75, 3.05) is 41.7 Å². The van der Waals surface area contributed by atoms with Gasteiger partial charge in [0.15, 0.2) is 0 Å². The van der Waals surface area contributed by atoms with E-state index in [9.17, 15) is 5.11 Å². The van der Waals surface area contributed by atoms with Gasteiger partial charge >= 0.3 is 0 Å². The summed E-state index contributed by atoms with van der Waals surface area (Å²) in [7, 11) is 8.13. The quantitative estimate of drug-likeness (QED) is 0.238. The SMILES string of the molecule is COc1cc(OC)c([C@](O)(CPc2c(OC)cccc2OC)c2ccccc2)c(OC)c1.[CH3-].[Ni]. The van der Waals surface area contributed by atoms with Crippen molar-refractivity contribution in [2.45, 2.75) is 5.60 Å². The van der Waals surface area contributed by atoms with Gasteiger partial charge in [0.25, 0.3) is 0 Å². The normalized spacial score (nSPS) is 12.2. The first kappa shape index (κ1) is 29.6. The second kappa shape index (κ2) is 13.4. The van der Waals surface area contributed by atoms with Gasteiger partial charge in [-0.2, -0.15) is 0 Å². The number of aliphatic hydroxyl groups is 1. The molecule has 2 atom stereocenters. The number of methoxy groups -OCH3 is 5. The first-order valence-corrected chi connectivity index (χ1v) is 11.3. The molecule has 0 amide bonds. The Balaban J connectivity index is 0.00000289. The van der Waals surface area contributed by atoms with Crippen molar-refractivity contribution in [1.82, 2.24) is 0 Å². The van der Waals surface area contributed by atoms with Crippen molar-refractivity contribution in [3.63, 3.8) is 0 Å². The third-order valence-electron chi connectivity index (χ3n) is 5.33. The van der Waals surface area contributed by atoms with Crippen LogP contribution in [-0.2, 0) is 22.1 Å². The van der Waals surface area contributed by atoms with Crippen LogP contribution in [0.25, 0.3) is 0 Å². The first-order chi connectivity index (χ1) is 15.5. The van der Waals surface area contributed by atoms with Gasteiger partial charge in [0.1, 0.15) is 34.3 Å². The summed E-state index contributed by atoms with van der Waals surface area (Å²) in [5.74, 6) is 2.96. The molecule has 1 N–H and O–H groups in total. The standard InChI is InChI=1S/C25H29O6P.CH3.Ni/c1-27-18-14-21(30-4)23(22(15-18)31-5)25(26,17-10-7-6-8-11-17)16-32-24-19(28-2)12-9-13-20(24)29-3;;/h6-15,26,32H,16H2,1-5H3;1H3;/q;-1;/t25-;;/m0../s1. The van der Waals surface area contributed by atoms with Gasteiger partial charge in [-0.3, -0.25) is 0 Å². The van der Waals surface area contributed by atoms with Gasteiger partial charge in [-0.15, -0.1) is 0 Å². The molecule has 0 fully saturated rings. The van der Waals surface area contributed by atoms with E-state index in [1.165, 1.54) is 0 Å². The molecule has 0 saturated heterocycles. The minimum Gasteiger partial charge on any atom is -0.496 e. The van der Waals surface area contributed by atoms with Gasteiger partial charge in [-0.25, -0.2) is 0 Å². The van der Waals surface area contributed by atoms with Crippen LogP contribution in [0.3, 0.4) is 0 Å². The molecule has 0 radical (unpaired) electrons. The Kier molecular flexibility index (Phi) is 11.7. The minimum absolute atomic E-state index is 0. The van der Waals surface area contributed by atoms with E-state index < -0.39 is 5.60 Å². The summed E-state index contributed by atoms with van der Waals surface area (Å²) in [6.07, 6.45) is 0.354. The molecule has 0 aromatic heterocycles. The topological polar surface area (TPSA) is 66.4 Å². The molecule has 0 aliphatic carbocycles. The van der Waals surface area contributed by atoms with Crippen LogP contribution in [0.1, 0.15) is 11.1 Å². The number of benzene rings is 3. The fraction of sp³-hybridized carbons (Fsp3) is 0.269. The molecule has 1 unspecified atom stereocenters. The summed E-state index contributed by atoms with van der Waals surface area (Å²) in [4.78, 5) is 0.